The van der Waals surface area contributed by atoms with Crippen molar-refractivity contribution in [3.8, 4) is 6.07 Å². The number of amides is 1. The molecule has 3 aromatic rings. The van der Waals surface area contributed by atoms with E-state index in [0.29, 0.717) is 10.7 Å². The average molecular weight is 471 g/mol. The number of anilines is 1. The number of nitriles is 1. The third-order valence-corrected chi connectivity index (χ3v) is 6.55. The van der Waals surface area contributed by atoms with Gasteiger partial charge in [0.2, 0.25) is 0 Å². The first-order valence-electron chi connectivity index (χ1n) is 11.3. The number of halogens is 1. The Balaban J connectivity index is 1.46. The molecule has 0 saturated carbocycles. The molecule has 1 amide bonds. The number of carbonyl (C=O) groups excluding carboxylic acids is 1. The number of nitrogens with zero attached hydrogens (tertiary/aromatic N) is 3. The second-order valence-electron chi connectivity index (χ2n) is 8.32. The SMILES string of the molecule is Cc1c(Cl)cccc1NC(=O)/C(C#N)=C\N1CCN(C(c2ccccc2)c2ccccc2)CC1. The van der Waals surface area contributed by atoms with E-state index < -0.39 is 5.91 Å². The van der Waals surface area contributed by atoms with Gasteiger partial charge in [0, 0.05) is 43.1 Å². The van der Waals surface area contributed by atoms with E-state index >= 15 is 0 Å². The molecule has 34 heavy (non-hydrogen) atoms. The summed E-state index contributed by atoms with van der Waals surface area (Å²) in [4.78, 5) is 17.2. The molecule has 1 aliphatic rings. The van der Waals surface area contributed by atoms with Crippen molar-refractivity contribution in [2.24, 2.45) is 0 Å². The van der Waals surface area contributed by atoms with E-state index in [2.05, 4.69) is 58.7 Å². The maximum absolute atomic E-state index is 12.7. The predicted molar refractivity (Wildman–Crippen MR) is 136 cm³/mol. The van der Waals surface area contributed by atoms with Crippen LogP contribution in [-0.4, -0.2) is 41.9 Å². The summed E-state index contributed by atoms with van der Waals surface area (Å²) in [6, 6.07) is 28.6. The number of hydrogen-bond acceptors (Lipinski definition) is 4. The van der Waals surface area contributed by atoms with Gasteiger partial charge in [0.15, 0.2) is 0 Å². The third-order valence-electron chi connectivity index (χ3n) is 6.14. The summed E-state index contributed by atoms with van der Waals surface area (Å²) >= 11 is 6.15. The molecule has 6 heteroatoms. The molecule has 0 unspecified atom stereocenters. The zero-order chi connectivity index (χ0) is 23.9. The van der Waals surface area contributed by atoms with E-state index in [1.165, 1.54) is 11.1 Å². The van der Waals surface area contributed by atoms with Crippen LogP contribution in [0, 0.1) is 18.3 Å². The molecule has 0 bridgehead atoms. The molecule has 1 saturated heterocycles. The molecule has 5 nitrogen and oxygen atoms in total. The number of hydrogen-bond donors (Lipinski definition) is 1. The molecule has 4 rings (SSSR count). The van der Waals surface area contributed by atoms with Gasteiger partial charge >= 0.3 is 0 Å². The molecule has 1 N–H and O–H groups in total. The quantitative estimate of drug-likeness (QED) is 0.387. The second-order valence-corrected chi connectivity index (χ2v) is 8.72. The minimum absolute atomic E-state index is 0.0792. The topological polar surface area (TPSA) is 59.4 Å². The van der Waals surface area contributed by atoms with Crippen molar-refractivity contribution in [1.82, 2.24) is 9.80 Å². The van der Waals surface area contributed by atoms with E-state index in [1.807, 2.05) is 30.0 Å². The molecule has 1 fully saturated rings. The van der Waals surface area contributed by atoms with Crippen LogP contribution in [-0.2, 0) is 4.79 Å². The lowest BCUT2D eigenvalue weighted by Crippen LogP contribution is -2.46. The fourth-order valence-corrected chi connectivity index (χ4v) is 4.44. The van der Waals surface area contributed by atoms with Crippen LogP contribution >= 0.6 is 11.6 Å². The van der Waals surface area contributed by atoms with Crippen LogP contribution < -0.4 is 5.32 Å². The van der Waals surface area contributed by atoms with Gasteiger partial charge in [-0.3, -0.25) is 9.69 Å². The standard InChI is InChI=1S/C28H27ClN4O/c1-21-25(29)13-8-14-26(21)31-28(34)24(19-30)20-32-15-17-33(18-16-32)27(22-9-4-2-5-10-22)23-11-6-3-7-12-23/h2-14,20,27H,15-18H2,1H3,(H,31,34)/b24-20-. The highest BCUT2D eigenvalue weighted by molar-refractivity contribution is 6.31. The molecular formula is C28H27ClN4O. The van der Waals surface area contributed by atoms with Crippen molar-refractivity contribution in [2.45, 2.75) is 13.0 Å². The van der Waals surface area contributed by atoms with Crippen molar-refractivity contribution in [3.63, 3.8) is 0 Å². The first-order valence-corrected chi connectivity index (χ1v) is 11.7. The number of benzene rings is 3. The Kier molecular flexibility index (Phi) is 7.64. The lowest BCUT2D eigenvalue weighted by atomic mass is 9.96. The van der Waals surface area contributed by atoms with Crippen LogP contribution in [0.4, 0.5) is 5.69 Å². The summed E-state index contributed by atoms with van der Waals surface area (Å²) in [5.74, 6) is -0.429. The van der Waals surface area contributed by atoms with Gasteiger partial charge in [-0.1, -0.05) is 78.3 Å². The van der Waals surface area contributed by atoms with Crippen molar-refractivity contribution >= 4 is 23.2 Å². The van der Waals surface area contributed by atoms with E-state index in [0.717, 1.165) is 31.7 Å². The Labute approximate surface area is 205 Å². The van der Waals surface area contributed by atoms with Crippen LogP contribution in [0.25, 0.3) is 0 Å². The first-order chi connectivity index (χ1) is 16.6. The van der Waals surface area contributed by atoms with E-state index in [-0.39, 0.29) is 11.6 Å². The van der Waals surface area contributed by atoms with Gasteiger partial charge in [0.1, 0.15) is 11.6 Å². The third kappa shape index (κ3) is 5.48. The summed E-state index contributed by atoms with van der Waals surface area (Å²) in [7, 11) is 0. The molecule has 0 atom stereocenters. The van der Waals surface area contributed by atoms with Gasteiger partial charge in [-0.05, 0) is 35.7 Å². The van der Waals surface area contributed by atoms with Crippen LogP contribution in [0.3, 0.4) is 0 Å². The predicted octanol–water partition coefficient (Wildman–Crippen LogP) is 5.40. The lowest BCUT2D eigenvalue weighted by Gasteiger charge is -2.39. The monoisotopic (exact) mass is 470 g/mol. The number of nitrogens with one attached hydrogen (secondary N) is 1. The Hall–Kier alpha value is -3.59. The normalized spacial score (nSPS) is 14.6. The largest absolute Gasteiger partial charge is 0.374 e. The van der Waals surface area contributed by atoms with Crippen LogP contribution in [0.1, 0.15) is 22.7 Å². The lowest BCUT2D eigenvalue weighted by molar-refractivity contribution is -0.112. The minimum Gasteiger partial charge on any atom is -0.374 e. The molecule has 0 aliphatic carbocycles. The molecule has 172 valence electrons. The zero-order valence-corrected chi connectivity index (χ0v) is 19.9. The smallest absolute Gasteiger partial charge is 0.267 e. The van der Waals surface area contributed by atoms with Gasteiger partial charge in [-0.2, -0.15) is 5.26 Å². The highest BCUT2D eigenvalue weighted by atomic mass is 35.5. The van der Waals surface area contributed by atoms with E-state index in [1.54, 1.807) is 24.4 Å². The summed E-state index contributed by atoms with van der Waals surface area (Å²) < 4.78 is 0. The molecule has 0 radical (unpaired) electrons. The highest BCUT2D eigenvalue weighted by Gasteiger charge is 2.26. The fraction of sp³-hybridized carbons (Fsp3) is 0.214. The molecule has 3 aromatic carbocycles. The van der Waals surface area contributed by atoms with Crippen molar-refractivity contribution in [3.05, 3.63) is 112 Å². The van der Waals surface area contributed by atoms with Crippen molar-refractivity contribution < 1.29 is 4.79 Å². The summed E-state index contributed by atoms with van der Waals surface area (Å²) in [6.07, 6.45) is 1.67. The van der Waals surface area contributed by atoms with Crippen LogP contribution in [0.5, 0.6) is 0 Å². The number of rotatable bonds is 6. The van der Waals surface area contributed by atoms with Gasteiger partial charge < -0.3 is 10.2 Å². The Morgan fingerprint density at radius 3 is 2.09 bits per heavy atom. The summed E-state index contributed by atoms with van der Waals surface area (Å²) in [5.41, 5.74) is 3.97. The summed E-state index contributed by atoms with van der Waals surface area (Å²) in [6.45, 7) is 4.93. The van der Waals surface area contributed by atoms with Crippen molar-refractivity contribution in [2.75, 3.05) is 31.5 Å². The maximum atomic E-state index is 12.7. The molecule has 1 heterocycles. The Bertz CT molecular complexity index is 1160. The number of carbonyl (C=O) groups is 1. The molecule has 1 aliphatic heterocycles. The van der Waals surface area contributed by atoms with E-state index in [9.17, 15) is 10.1 Å². The average Bonchev–Trinajstić information content (AvgIpc) is 2.87. The van der Waals surface area contributed by atoms with E-state index in [4.69, 9.17) is 11.6 Å². The first kappa shape index (κ1) is 23.6. The molecular weight excluding hydrogens is 444 g/mol. The van der Waals surface area contributed by atoms with Crippen LogP contribution in [0.2, 0.25) is 5.02 Å². The maximum Gasteiger partial charge on any atom is 0.267 e. The van der Waals surface area contributed by atoms with Gasteiger partial charge in [-0.25, -0.2) is 0 Å². The minimum atomic E-state index is -0.429. The highest BCUT2D eigenvalue weighted by Crippen LogP contribution is 2.29. The Morgan fingerprint density at radius 2 is 1.53 bits per heavy atom. The second kappa shape index (κ2) is 11.0. The van der Waals surface area contributed by atoms with Gasteiger partial charge in [-0.15, -0.1) is 0 Å². The fourth-order valence-electron chi connectivity index (χ4n) is 4.26. The van der Waals surface area contributed by atoms with Gasteiger partial charge in [0.25, 0.3) is 5.91 Å². The molecule has 0 aromatic heterocycles. The van der Waals surface area contributed by atoms with Crippen molar-refractivity contribution in [1.29, 1.82) is 5.26 Å². The molecule has 0 spiro atoms. The van der Waals surface area contributed by atoms with Crippen LogP contribution in [0.15, 0.2) is 90.6 Å². The Morgan fingerprint density at radius 1 is 0.941 bits per heavy atom. The number of piperazine rings is 1. The van der Waals surface area contributed by atoms with Gasteiger partial charge in [0.05, 0.1) is 6.04 Å². The summed E-state index contributed by atoms with van der Waals surface area (Å²) in [5, 5.41) is 13.0. The zero-order valence-electron chi connectivity index (χ0n) is 19.1.